The van der Waals surface area contributed by atoms with E-state index in [1.165, 1.54) is 18.4 Å². The maximum atomic E-state index is 7.29. The van der Waals surface area contributed by atoms with E-state index in [0.29, 0.717) is 6.42 Å². The molecule has 5 nitrogen and oxygen atoms in total. The molecule has 3 N–H and O–H groups in total. The summed E-state index contributed by atoms with van der Waals surface area (Å²) in [4.78, 5) is 2.45. The summed E-state index contributed by atoms with van der Waals surface area (Å²) < 4.78 is 1.84. The average molecular weight is 235 g/mol. The molecule has 1 aliphatic rings. The third-order valence-electron chi connectivity index (χ3n) is 3.18. The summed E-state index contributed by atoms with van der Waals surface area (Å²) >= 11 is 0. The van der Waals surface area contributed by atoms with Crippen LogP contribution in [-0.2, 0) is 13.5 Å². The van der Waals surface area contributed by atoms with Crippen molar-refractivity contribution in [2.75, 3.05) is 13.1 Å². The number of nitrogens with two attached hydrogens (primary N) is 1. The Morgan fingerprint density at radius 3 is 2.88 bits per heavy atom. The minimum absolute atomic E-state index is 0.289. The highest BCUT2D eigenvalue weighted by Crippen LogP contribution is 2.26. The SMILES string of the molecule is Cn1cc(CCN(CCC(=N)N)C2CC2)cn1. The Balaban J connectivity index is 1.79. The van der Waals surface area contributed by atoms with Gasteiger partial charge in [0.2, 0.25) is 0 Å². The fourth-order valence-electron chi connectivity index (χ4n) is 2.05. The predicted octanol–water partition coefficient (Wildman–Crippen LogP) is 0.753. The van der Waals surface area contributed by atoms with Crippen LogP contribution in [-0.4, -0.2) is 39.6 Å². The van der Waals surface area contributed by atoms with E-state index < -0.39 is 0 Å². The van der Waals surface area contributed by atoms with Crippen molar-refractivity contribution >= 4 is 5.84 Å². The second-order valence-electron chi connectivity index (χ2n) is 4.81. The van der Waals surface area contributed by atoms with Crippen molar-refractivity contribution in [3.05, 3.63) is 18.0 Å². The number of rotatable bonds is 7. The van der Waals surface area contributed by atoms with Gasteiger partial charge in [0.25, 0.3) is 0 Å². The van der Waals surface area contributed by atoms with Gasteiger partial charge in [0.15, 0.2) is 0 Å². The molecule has 1 heterocycles. The first-order valence-corrected chi connectivity index (χ1v) is 6.19. The summed E-state index contributed by atoms with van der Waals surface area (Å²) in [6.45, 7) is 1.96. The molecule has 0 bridgehead atoms. The summed E-state index contributed by atoms with van der Waals surface area (Å²) in [5.41, 5.74) is 6.69. The second-order valence-corrected chi connectivity index (χ2v) is 4.81. The zero-order valence-corrected chi connectivity index (χ0v) is 10.4. The first-order valence-electron chi connectivity index (χ1n) is 6.19. The van der Waals surface area contributed by atoms with Gasteiger partial charge in [0, 0.05) is 38.8 Å². The van der Waals surface area contributed by atoms with E-state index in [9.17, 15) is 0 Å². The Kier molecular flexibility index (Phi) is 3.78. The fraction of sp³-hybridized carbons (Fsp3) is 0.667. The summed E-state index contributed by atoms with van der Waals surface area (Å²) in [5.74, 6) is 0.289. The van der Waals surface area contributed by atoms with Crippen molar-refractivity contribution in [2.24, 2.45) is 12.8 Å². The van der Waals surface area contributed by atoms with E-state index in [0.717, 1.165) is 25.6 Å². The van der Waals surface area contributed by atoms with Crippen molar-refractivity contribution in [1.29, 1.82) is 5.41 Å². The summed E-state index contributed by atoms with van der Waals surface area (Å²) in [5, 5.41) is 11.5. The summed E-state index contributed by atoms with van der Waals surface area (Å²) in [6, 6.07) is 0.728. The van der Waals surface area contributed by atoms with Crippen molar-refractivity contribution in [3.63, 3.8) is 0 Å². The quantitative estimate of drug-likeness (QED) is 0.541. The zero-order valence-electron chi connectivity index (χ0n) is 10.4. The van der Waals surface area contributed by atoms with Gasteiger partial charge in [-0.3, -0.25) is 15.0 Å². The third-order valence-corrected chi connectivity index (χ3v) is 3.18. The molecule has 0 radical (unpaired) electrons. The number of aryl methyl sites for hydroxylation is 1. The Bertz CT molecular complexity index is 380. The van der Waals surface area contributed by atoms with Gasteiger partial charge >= 0.3 is 0 Å². The molecule has 0 saturated heterocycles. The molecule has 0 unspecified atom stereocenters. The minimum atomic E-state index is 0.289. The van der Waals surface area contributed by atoms with Crippen LogP contribution in [0.1, 0.15) is 24.8 Å². The molecule has 1 saturated carbocycles. The fourth-order valence-corrected chi connectivity index (χ4v) is 2.05. The highest BCUT2D eigenvalue weighted by Gasteiger charge is 2.28. The van der Waals surface area contributed by atoms with Crippen LogP contribution in [0.3, 0.4) is 0 Å². The molecule has 1 aromatic heterocycles. The van der Waals surface area contributed by atoms with Gasteiger partial charge in [0.05, 0.1) is 12.0 Å². The smallest absolute Gasteiger partial charge is 0.0918 e. The van der Waals surface area contributed by atoms with Crippen molar-refractivity contribution in [2.45, 2.75) is 31.7 Å². The molecule has 1 aliphatic carbocycles. The Morgan fingerprint density at radius 2 is 2.35 bits per heavy atom. The summed E-state index contributed by atoms with van der Waals surface area (Å²) in [7, 11) is 1.94. The molecule has 94 valence electrons. The second kappa shape index (κ2) is 5.31. The highest BCUT2D eigenvalue weighted by atomic mass is 15.2. The van der Waals surface area contributed by atoms with E-state index in [-0.39, 0.29) is 5.84 Å². The molecule has 17 heavy (non-hydrogen) atoms. The number of aromatic nitrogens is 2. The van der Waals surface area contributed by atoms with Crippen LogP contribution in [0.25, 0.3) is 0 Å². The maximum absolute atomic E-state index is 7.29. The number of nitrogens with one attached hydrogen (secondary N) is 1. The monoisotopic (exact) mass is 235 g/mol. The van der Waals surface area contributed by atoms with Crippen LogP contribution in [0.15, 0.2) is 12.4 Å². The largest absolute Gasteiger partial charge is 0.388 e. The van der Waals surface area contributed by atoms with Gasteiger partial charge in [-0.05, 0) is 24.8 Å². The van der Waals surface area contributed by atoms with Crippen LogP contribution in [0.5, 0.6) is 0 Å². The molecule has 5 heteroatoms. The third kappa shape index (κ3) is 3.85. The lowest BCUT2D eigenvalue weighted by Gasteiger charge is -2.21. The lowest BCUT2D eigenvalue weighted by Crippen LogP contribution is -2.31. The lowest BCUT2D eigenvalue weighted by atomic mass is 10.2. The molecule has 0 aromatic carbocycles. The van der Waals surface area contributed by atoms with E-state index in [1.807, 2.05) is 17.9 Å². The van der Waals surface area contributed by atoms with Crippen LogP contribution < -0.4 is 5.73 Å². The number of hydrogen-bond acceptors (Lipinski definition) is 3. The van der Waals surface area contributed by atoms with Gasteiger partial charge in [-0.15, -0.1) is 0 Å². The topological polar surface area (TPSA) is 70.9 Å². The van der Waals surface area contributed by atoms with Crippen LogP contribution in [0.4, 0.5) is 0 Å². The molecule has 0 atom stereocenters. The average Bonchev–Trinajstić information content (AvgIpc) is 3.02. The first-order chi connectivity index (χ1) is 8.15. The molecule has 0 amide bonds. The Morgan fingerprint density at radius 1 is 1.59 bits per heavy atom. The highest BCUT2D eigenvalue weighted by molar-refractivity contribution is 5.76. The van der Waals surface area contributed by atoms with Gasteiger partial charge in [0.1, 0.15) is 0 Å². The predicted molar refractivity (Wildman–Crippen MR) is 68.0 cm³/mol. The van der Waals surface area contributed by atoms with Gasteiger partial charge in [-0.1, -0.05) is 0 Å². The van der Waals surface area contributed by atoms with E-state index in [1.54, 1.807) is 0 Å². The maximum Gasteiger partial charge on any atom is 0.0918 e. The minimum Gasteiger partial charge on any atom is -0.388 e. The molecule has 0 spiro atoms. The molecule has 0 aliphatic heterocycles. The van der Waals surface area contributed by atoms with Crippen LogP contribution in [0.2, 0.25) is 0 Å². The van der Waals surface area contributed by atoms with Crippen LogP contribution in [0, 0.1) is 5.41 Å². The molecule has 1 fully saturated rings. The zero-order chi connectivity index (χ0) is 12.3. The summed E-state index contributed by atoms with van der Waals surface area (Å²) in [6.07, 6.45) is 8.30. The van der Waals surface area contributed by atoms with Crippen molar-refractivity contribution in [3.8, 4) is 0 Å². The molecule has 1 aromatic rings. The molecular formula is C12H21N5. The van der Waals surface area contributed by atoms with E-state index >= 15 is 0 Å². The lowest BCUT2D eigenvalue weighted by molar-refractivity contribution is 0.274. The normalized spacial score (nSPS) is 15.4. The van der Waals surface area contributed by atoms with Crippen LogP contribution >= 0.6 is 0 Å². The Hall–Kier alpha value is -1.36. The number of hydrogen-bond donors (Lipinski definition) is 2. The Labute approximate surface area is 102 Å². The number of nitrogens with zero attached hydrogens (tertiary/aromatic N) is 3. The first kappa shape index (κ1) is 12.1. The van der Waals surface area contributed by atoms with Gasteiger partial charge in [-0.25, -0.2) is 0 Å². The van der Waals surface area contributed by atoms with Crippen molar-refractivity contribution in [1.82, 2.24) is 14.7 Å². The van der Waals surface area contributed by atoms with Gasteiger partial charge in [-0.2, -0.15) is 5.10 Å². The molecular weight excluding hydrogens is 214 g/mol. The van der Waals surface area contributed by atoms with Crippen molar-refractivity contribution < 1.29 is 0 Å². The molecule has 2 rings (SSSR count). The van der Waals surface area contributed by atoms with Gasteiger partial charge < -0.3 is 5.73 Å². The van der Waals surface area contributed by atoms with E-state index in [4.69, 9.17) is 11.1 Å². The standard InChI is InChI=1S/C12H21N5/c1-16-9-10(8-15-16)4-6-17(11-2-3-11)7-5-12(13)14/h8-9,11H,2-7H2,1H3,(H3,13,14). The van der Waals surface area contributed by atoms with E-state index in [2.05, 4.69) is 16.2 Å². The number of amidine groups is 1.